The van der Waals surface area contributed by atoms with Crippen molar-refractivity contribution in [1.29, 1.82) is 5.41 Å². The van der Waals surface area contributed by atoms with E-state index in [0.29, 0.717) is 31.9 Å². The molecule has 0 spiro atoms. The molecule has 0 aromatic rings. The summed E-state index contributed by atoms with van der Waals surface area (Å²) < 4.78 is 5.26. The zero-order chi connectivity index (χ0) is 11.5. The molecule has 1 amide bonds. The minimum Gasteiger partial charge on any atom is -0.444 e. The number of nitrogens with zero attached hydrogens (tertiary/aromatic N) is 1. The molecule has 1 aliphatic rings. The Bertz CT molecular complexity index is 263. The van der Waals surface area contributed by atoms with Gasteiger partial charge in [0.15, 0.2) is 0 Å². The summed E-state index contributed by atoms with van der Waals surface area (Å²) in [6.45, 7) is 7.32. The number of halogens is 1. The summed E-state index contributed by atoms with van der Waals surface area (Å²) in [6, 6.07) is 0. The van der Waals surface area contributed by atoms with Gasteiger partial charge in [0, 0.05) is 26.1 Å². The molecule has 1 aliphatic heterocycles. The second kappa shape index (κ2) is 5.94. The second-order valence-corrected chi connectivity index (χ2v) is 4.62. The number of amides is 1. The van der Waals surface area contributed by atoms with Crippen molar-refractivity contribution in [3.63, 3.8) is 0 Å². The monoisotopic (exact) mass is 249 g/mol. The maximum absolute atomic E-state index is 11.7. The molecule has 0 bridgehead atoms. The molecule has 1 fully saturated rings. The number of carbonyl (C=O) groups is 1. The van der Waals surface area contributed by atoms with Crippen molar-refractivity contribution >= 4 is 24.3 Å². The average Bonchev–Trinajstić information content (AvgIpc) is 2.26. The average molecular weight is 250 g/mol. The van der Waals surface area contributed by atoms with Gasteiger partial charge in [0.1, 0.15) is 5.60 Å². The number of rotatable bonds is 0. The SMILES string of the molecule is CC(C)(C)OC(=O)N1CCNC(=N)CC1.Cl. The van der Waals surface area contributed by atoms with Crippen LogP contribution in [-0.2, 0) is 4.74 Å². The highest BCUT2D eigenvalue weighted by Gasteiger charge is 2.23. The zero-order valence-electron chi connectivity index (χ0n) is 10.0. The van der Waals surface area contributed by atoms with Crippen LogP contribution in [0.2, 0.25) is 0 Å². The lowest BCUT2D eigenvalue weighted by Gasteiger charge is -2.25. The number of nitrogens with one attached hydrogen (secondary N) is 2. The van der Waals surface area contributed by atoms with Gasteiger partial charge in [0.05, 0.1) is 5.84 Å². The third-order valence-corrected chi connectivity index (χ3v) is 2.00. The van der Waals surface area contributed by atoms with E-state index in [-0.39, 0.29) is 18.5 Å². The molecule has 0 unspecified atom stereocenters. The Labute approximate surface area is 102 Å². The lowest BCUT2D eigenvalue weighted by Crippen LogP contribution is -2.38. The van der Waals surface area contributed by atoms with E-state index in [2.05, 4.69) is 5.32 Å². The van der Waals surface area contributed by atoms with Gasteiger partial charge in [0.2, 0.25) is 0 Å². The van der Waals surface area contributed by atoms with Gasteiger partial charge in [-0.1, -0.05) is 0 Å². The van der Waals surface area contributed by atoms with Gasteiger partial charge in [-0.25, -0.2) is 4.79 Å². The molecule has 1 rings (SSSR count). The summed E-state index contributed by atoms with van der Waals surface area (Å²) in [5.74, 6) is 0.487. The zero-order valence-corrected chi connectivity index (χ0v) is 10.8. The van der Waals surface area contributed by atoms with Crippen molar-refractivity contribution in [3.8, 4) is 0 Å². The smallest absolute Gasteiger partial charge is 0.410 e. The van der Waals surface area contributed by atoms with E-state index in [0.717, 1.165) is 0 Å². The van der Waals surface area contributed by atoms with Crippen molar-refractivity contribution in [2.75, 3.05) is 19.6 Å². The molecule has 2 N–H and O–H groups in total. The van der Waals surface area contributed by atoms with Gasteiger partial charge in [-0.05, 0) is 20.8 Å². The largest absolute Gasteiger partial charge is 0.444 e. The Balaban J connectivity index is 0.00000225. The quantitative estimate of drug-likeness (QED) is 0.686. The van der Waals surface area contributed by atoms with Crippen LogP contribution in [-0.4, -0.2) is 42.1 Å². The Morgan fingerprint density at radius 1 is 1.44 bits per heavy atom. The van der Waals surface area contributed by atoms with Gasteiger partial charge < -0.3 is 15.0 Å². The molecule has 0 aromatic carbocycles. The van der Waals surface area contributed by atoms with Crippen molar-refractivity contribution < 1.29 is 9.53 Å². The number of carbonyl (C=O) groups excluding carboxylic acids is 1. The predicted molar refractivity (Wildman–Crippen MR) is 65.4 cm³/mol. The molecular weight excluding hydrogens is 230 g/mol. The minimum absolute atomic E-state index is 0. The highest BCUT2D eigenvalue weighted by atomic mass is 35.5. The van der Waals surface area contributed by atoms with E-state index in [9.17, 15) is 4.79 Å². The van der Waals surface area contributed by atoms with Crippen LogP contribution >= 0.6 is 12.4 Å². The van der Waals surface area contributed by atoms with E-state index in [1.165, 1.54) is 0 Å². The first kappa shape index (κ1) is 15.0. The van der Waals surface area contributed by atoms with Crippen LogP contribution in [0.1, 0.15) is 27.2 Å². The summed E-state index contributed by atoms with van der Waals surface area (Å²) in [5, 5.41) is 10.4. The molecule has 94 valence electrons. The van der Waals surface area contributed by atoms with Crippen LogP contribution in [0, 0.1) is 5.41 Å². The van der Waals surface area contributed by atoms with Crippen LogP contribution in [0.4, 0.5) is 4.79 Å². The maximum Gasteiger partial charge on any atom is 0.410 e. The van der Waals surface area contributed by atoms with Gasteiger partial charge in [-0.2, -0.15) is 0 Å². The van der Waals surface area contributed by atoms with Crippen LogP contribution in [0.15, 0.2) is 0 Å². The first-order valence-electron chi connectivity index (χ1n) is 5.18. The molecule has 0 saturated carbocycles. The van der Waals surface area contributed by atoms with E-state index in [1.54, 1.807) is 4.90 Å². The van der Waals surface area contributed by atoms with Crippen LogP contribution < -0.4 is 5.32 Å². The van der Waals surface area contributed by atoms with E-state index < -0.39 is 5.60 Å². The normalized spacial score (nSPS) is 16.9. The molecule has 16 heavy (non-hydrogen) atoms. The number of hydrogen-bond acceptors (Lipinski definition) is 3. The first-order valence-corrected chi connectivity index (χ1v) is 5.18. The van der Waals surface area contributed by atoms with Gasteiger partial charge in [-0.3, -0.25) is 5.41 Å². The molecule has 1 heterocycles. The van der Waals surface area contributed by atoms with Crippen LogP contribution in [0.25, 0.3) is 0 Å². The Morgan fingerprint density at radius 3 is 2.62 bits per heavy atom. The summed E-state index contributed by atoms with van der Waals surface area (Å²) in [7, 11) is 0. The molecule has 5 nitrogen and oxygen atoms in total. The fraction of sp³-hybridized carbons (Fsp3) is 0.800. The lowest BCUT2D eigenvalue weighted by atomic mass is 10.2. The molecule has 6 heteroatoms. The molecule has 0 atom stereocenters. The number of ether oxygens (including phenoxy) is 1. The third-order valence-electron chi connectivity index (χ3n) is 2.00. The molecule has 0 radical (unpaired) electrons. The van der Waals surface area contributed by atoms with E-state index >= 15 is 0 Å². The van der Waals surface area contributed by atoms with E-state index in [1.807, 2.05) is 20.8 Å². The number of amidine groups is 1. The standard InChI is InChI=1S/C10H19N3O2.ClH/c1-10(2,3)15-9(14)13-6-4-8(11)12-5-7-13;/h4-7H2,1-3H3,(H2,11,12);1H. The third kappa shape index (κ3) is 5.21. The van der Waals surface area contributed by atoms with Crippen LogP contribution in [0.3, 0.4) is 0 Å². The van der Waals surface area contributed by atoms with Gasteiger partial charge in [0.25, 0.3) is 0 Å². The van der Waals surface area contributed by atoms with Crippen molar-refractivity contribution in [3.05, 3.63) is 0 Å². The van der Waals surface area contributed by atoms with Gasteiger partial charge >= 0.3 is 6.09 Å². The molecule has 0 aromatic heterocycles. The molecule has 1 saturated heterocycles. The summed E-state index contributed by atoms with van der Waals surface area (Å²) in [5.41, 5.74) is -0.454. The highest BCUT2D eigenvalue weighted by molar-refractivity contribution is 5.85. The summed E-state index contributed by atoms with van der Waals surface area (Å²) in [4.78, 5) is 13.3. The van der Waals surface area contributed by atoms with Crippen molar-refractivity contribution in [1.82, 2.24) is 10.2 Å². The van der Waals surface area contributed by atoms with Crippen LogP contribution in [0.5, 0.6) is 0 Å². The maximum atomic E-state index is 11.7. The Kier molecular flexibility index (Phi) is 5.58. The highest BCUT2D eigenvalue weighted by Crippen LogP contribution is 2.10. The van der Waals surface area contributed by atoms with Crippen molar-refractivity contribution in [2.45, 2.75) is 32.8 Å². The topological polar surface area (TPSA) is 65.4 Å². The fourth-order valence-corrected chi connectivity index (χ4v) is 1.30. The summed E-state index contributed by atoms with van der Waals surface area (Å²) >= 11 is 0. The van der Waals surface area contributed by atoms with Crippen molar-refractivity contribution in [2.24, 2.45) is 0 Å². The van der Waals surface area contributed by atoms with Gasteiger partial charge in [-0.15, -0.1) is 12.4 Å². The Hall–Kier alpha value is -0.970. The number of hydrogen-bond donors (Lipinski definition) is 2. The Morgan fingerprint density at radius 2 is 2.06 bits per heavy atom. The fourth-order valence-electron chi connectivity index (χ4n) is 1.30. The molecular formula is C10H20ClN3O2. The predicted octanol–water partition coefficient (Wildman–Crippen LogP) is 1.62. The van der Waals surface area contributed by atoms with E-state index in [4.69, 9.17) is 10.1 Å². The first-order chi connectivity index (χ1) is 6.88. The minimum atomic E-state index is -0.454. The second-order valence-electron chi connectivity index (χ2n) is 4.62. The summed E-state index contributed by atoms with van der Waals surface area (Å²) in [6.07, 6.45) is 0.276. The lowest BCUT2D eigenvalue weighted by molar-refractivity contribution is 0.0264. The molecule has 0 aliphatic carbocycles.